The predicted molar refractivity (Wildman–Crippen MR) is 111 cm³/mol. The van der Waals surface area contributed by atoms with Crippen LogP contribution in [0.4, 0.5) is 0 Å². The second-order valence-electron chi connectivity index (χ2n) is 7.36. The topological polar surface area (TPSA) is 67.9 Å². The van der Waals surface area contributed by atoms with E-state index in [9.17, 15) is 9.59 Å². The van der Waals surface area contributed by atoms with Crippen LogP contribution in [0.2, 0.25) is 0 Å². The normalized spacial score (nSPS) is 14.4. The number of aryl methyl sites for hydroxylation is 1. The van der Waals surface area contributed by atoms with Crippen molar-refractivity contribution in [3.8, 4) is 11.5 Å². The zero-order valence-electron chi connectivity index (χ0n) is 17.2. The lowest BCUT2D eigenvalue weighted by Gasteiger charge is -2.32. The van der Waals surface area contributed by atoms with Gasteiger partial charge in [-0.1, -0.05) is 23.8 Å². The van der Waals surface area contributed by atoms with Crippen LogP contribution in [-0.2, 0) is 11.2 Å². The van der Waals surface area contributed by atoms with E-state index >= 15 is 0 Å². The van der Waals surface area contributed by atoms with Crippen LogP contribution in [-0.4, -0.2) is 50.1 Å². The summed E-state index contributed by atoms with van der Waals surface area (Å²) in [7, 11) is 3.17. The molecule has 0 bridgehead atoms. The molecule has 1 N–H and O–H groups in total. The van der Waals surface area contributed by atoms with Crippen molar-refractivity contribution in [3.63, 3.8) is 0 Å². The Morgan fingerprint density at radius 1 is 1.00 bits per heavy atom. The highest BCUT2D eigenvalue weighted by atomic mass is 16.5. The third kappa shape index (κ3) is 5.28. The Hall–Kier alpha value is -3.02. The SMILES string of the molecule is COc1ccc(CC(=O)N2CCC(NC(=O)c3ccc(C)cc3)CC2)cc1OC. The van der Waals surface area contributed by atoms with E-state index in [4.69, 9.17) is 9.47 Å². The Kier molecular flexibility index (Phi) is 6.75. The monoisotopic (exact) mass is 396 g/mol. The van der Waals surface area contributed by atoms with Gasteiger partial charge in [0.1, 0.15) is 0 Å². The highest BCUT2D eigenvalue weighted by Crippen LogP contribution is 2.28. The minimum atomic E-state index is -0.0555. The van der Waals surface area contributed by atoms with Crippen LogP contribution < -0.4 is 14.8 Å². The van der Waals surface area contributed by atoms with E-state index in [1.54, 1.807) is 14.2 Å². The standard InChI is InChI=1S/C23H28N2O4/c1-16-4-7-18(8-5-16)23(27)24-19-10-12-25(13-11-19)22(26)15-17-6-9-20(28-2)21(14-17)29-3/h4-9,14,19H,10-13,15H2,1-3H3,(H,24,27). The van der Waals surface area contributed by atoms with E-state index < -0.39 is 0 Å². The lowest BCUT2D eigenvalue weighted by atomic mass is 10.0. The third-order valence-electron chi connectivity index (χ3n) is 5.30. The molecule has 0 spiro atoms. The number of ether oxygens (including phenoxy) is 2. The summed E-state index contributed by atoms with van der Waals surface area (Å²) in [4.78, 5) is 26.9. The van der Waals surface area contributed by atoms with Crippen molar-refractivity contribution in [1.29, 1.82) is 0 Å². The van der Waals surface area contributed by atoms with Crippen molar-refractivity contribution in [2.45, 2.75) is 32.2 Å². The molecule has 2 aromatic carbocycles. The maximum atomic E-state index is 12.7. The number of hydrogen-bond donors (Lipinski definition) is 1. The minimum absolute atomic E-state index is 0.0555. The molecule has 0 unspecified atom stereocenters. The molecule has 0 atom stereocenters. The van der Waals surface area contributed by atoms with Gasteiger partial charge < -0.3 is 19.7 Å². The summed E-state index contributed by atoms with van der Waals surface area (Å²) in [5.41, 5.74) is 2.69. The zero-order valence-corrected chi connectivity index (χ0v) is 17.2. The first kappa shape index (κ1) is 20.7. The summed E-state index contributed by atoms with van der Waals surface area (Å²) < 4.78 is 10.5. The van der Waals surface area contributed by atoms with Gasteiger partial charge in [0, 0.05) is 24.7 Å². The van der Waals surface area contributed by atoms with Crippen molar-refractivity contribution in [3.05, 3.63) is 59.2 Å². The highest BCUT2D eigenvalue weighted by Gasteiger charge is 2.24. The first-order valence-electron chi connectivity index (χ1n) is 9.86. The van der Waals surface area contributed by atoms with E-state index in [0.717, 1.165) is 24.0 Å². The van der Waals surface area contributed by atoms with E-state index in [1.807, 2.05) is 54.3 Å². The molecule has 1 fully saturated rings. The Labute approximate surface area is 171 Å². The number of likely N-dealkylation sites (tertiary alicyclic amines) is 1. The number of hydrogen-bond acceptors (Lipinski definition) is 4. The molecular weight excluding hydrogens is 368 g/mol. The molecule has 0 radical (unpaired) electrons. The van der Waals surface area contributed by atoms with Gasteiger partial charge in [0.15, 0.2) is 11.5 Å². The van der Waals surface area contributed by atoms with E-state index in [2.05, 4.69) is 5.32 Å². The molecule has 0 aromatic heterocycles. The van der Waals surface area contributed by atoms with Crippen LogP contribution in [0.15, 0.2) is 42.5 Å². The molecular formula is C23H28N2O4. The molecule has 2 amide bonds. The number of nitrogens with one attached hydrogen (secondary N) is 1. The van der Waals surface area contributed by atoms with Crippen LogP contribution in [0.25, 0.3) is 0 Å². The van der Waals surface area contributed by atoms with E-state index in [-0.39, 0.29) is 17.9 Å². The van der Waals surface area contributed by atoms with Gasteiger partial charge in [0.05, 0.1) is 20.6 Å². The van der Waals surface area contributed by atoms with E-state index in [1.165, 1.54) is 0 Å². The average molecular weight is 396 g/mol. The largest absolute Gasteiger partial charge is 0.493 e. The Balaban J connectivity index is 1.50. The molecule has 0 aliphatic carbocycles. The van der Waals surface area contributed by atoms with Crippen LogP contribution in [0.5, 0.6) is 11.5 Å². The smallest absolute Gasteiger partial charge is 0.251 e. The van der Waals surface area contributed by atoms with Gasteiger partial charge in [-0.2, -0.15) is 0 Å². The van der Waals surface area contributed by atoms with Crippen LogP contribution in [0, 0.1) is 6.92 Å². The second-order valence-corrected chi connectivity index (χ2v) is 7.36. The number of benzene rings is 2. The molecule has 154 valence electrons. The lowest BCUT2D eigenvalue weighted by molar-refractivity contribution is -0.131. The summed E-state index contributed by atoms with van der Waals surface area (Å²) in [5.74, 6) is 1.30. The van der Waals surface area contributed by atoms with Gasteiger partial charge in [0.25, 0.3) is 5.91 Å². The summed E-state index contributed by atoms with van der Waals surface area (Å²) >= 11 is 0. The molecule has 6 heteroatoms. The first-order chi connectivity index (χ1) is 14.0. The summed E-state index contributed by atoms with van der Waals surface area (Å²) in [6.07, 6.45) is 1.84. The third-order valence-corrected chi connectivity index (χ3v) is 5.30. The van der Waals surface area contributed by atoms with Crippen LogP contribution in [0.1, 0.15) is 34.3 Å². The molecule has 6 nitrogen and oxygen atoms in total. The first-order valence-corrected chi connectivity index (χ1v) is 9.86. The second kappa shape index (κ2) is 9.45. The lowest BCUT2D eigenvalue weighted by Crippen LogP contribution is -2.47. The minimum Gasteiger partial charge on any atom is -0.493 e. The Morgan fingerprint density at radius 3 is 2.28 bits per heavy atom. The summed E-state index contributed by atoms with van der Waals surface area (Å²) in [5, 5.41) is 3.08. The number of rotatable bonds is 6. The van der Waals surface area contributed by atoms with Gasteiger partial charge in [-0.3, -0.25) is 9.59 Å². The van der Waals surface area contributed by atoms with Crippen LogP contribution in [0.3, 0.4) is 0 Å². The maximum absolute atomic E-state index is 12.7. The predicted octanol–water partition coefficient (Wildman–Crippen LogP) is 2.98. The zero-order chi connectivity index (χ0) is 20.8. The molecule has 2 aromatic rings. The Bertz CT molecular complexity index is 856. The maximum Gasteiger partial charge on any atom is 0.251 e. The number of carbonyl (C=O) groups excluding carboxylic acids is 2. The van der Waals surface area contributed by atoms with Crippen molar-refractivity contribution < 1.29 is 19.1 Å². The van der Waals surface area contributed by atoms with Gasteiger partial charge in [-0.25, -0.2) is 0 Å². The van der Waals surface area contributed by atoms with Crippen molar-refractivity contribution in [1.82, 2.24) is 10.2 Å². The molecule has 1 aliphatic heterocycles. The molecule has 3 rings (SSSR count). The van der Waals surface area contributed by atoms with Gasteiger partial charge in [-0.05, 0) is 49.6 Å². The Morgan fingerprint density at radius 2 is 1.66 bits per heavy atom. The van der Waals surface area contributed by atoms with Gasteiger partial charge >= 0.3 is 0 Å². The number of piperidine rings is 1. The molecule has 29 heavy (non-hydrogen) atoms. The molecule has 1 aliphatic rings. The van der Waals surface area contributed by atoms with Gasteiger partial charge in [0.2, 0.25) is 5.91 Å². The number of amides is 2. The number of methoxy groups -OCH3 is 2. The van der Waals surface area contributed by atoms with Crippen LogP contribution >= 0.6 is 0 Å². The number of nitrogens with zero attached hydrogens (tertiary/aromatic N) is 1. The van der Waals surface area contributed by atoms with E-state index in [0.29, 0.717) is 36.6 Å². The fourth-order valence-corrected chi connectivity index (χ4v) is 3.52. The summed E-state index contributed by atoms with van der Waals surface area (Å²) in [6, 6.07) is 13.2. The molecule has 1 heterocycles. The van der Waals surface area contributed by atoms with Gasteiger partial charge in [-0.15, -0.1) is 0 Å². The van der Waals surface area contributed by atoms with Crippen molar-refractivity contribution >= 4 is 11.8 Å². The molecule has 1 saturated heterocycles. The summed E-state index contributed by atoms with van der Waals surface area (Å²) in [6.45, 7) is 3.28. The average Bonchev–Trinajstić information content (AvgIpc) is 2.74. The van der Waals surface area contributed by atoms with Crippen molar-refractivity contribution in [2.75, 3.05) is 27.3 Å². The fourth-order valence-electron chi connectivity index (χ4n) is 3.52. The number of carbonyl (C=O) groups is 2. The van der Waals surface area contributed by atoms with Crippen molar-refractivity contribution in [2.24, 2.45) is 0 Å². The quantitative estimate of drug-likeness (QED) is 0.815. The molecule has 0 saturated carbocycles. The highest BCUT2D eigenvalue weighted by molar-refractivity contribution is 5.94. The fraction of sp³-hybridized carbons (Fsp3) is 0.391.